The van der Waals surface area contributed by atoms with E-state index in [4.69, 9.17) is 4.84 Å². The molecule has 1 aromatic rings. The van der Waals surface area contributed by atoms with Crippen molar-refractivity contribution in [3.05, 3.63) is 35.4 Å². The Morgan fingerprint density at radius 1 is 1.44 bits per heavy atom. The first-order valence-electron chi connectivity index (χ1n) is 5.22. The maximum atomic E-state index is 11.3. The van der Waals surface area contributed by atoms with Gasteiger partial charge in [0.05, 0.1) is 5.71 Å². The molecule has 0 bridgehead atoms. The van der Waals surface area contributed by atoms with E-state index in [2.05, 4.69) is 10.5 Å². The van der Waals surface area contributed by atoms with Gasteiger partial charge in [-0.25, -0.2) is 0 Å². The molecule has 0 aromatic heterocycles. The summed E-state index contributed by atoms with van der Waals surface area (Å²) in [4.78, 5) is 16.6. The minimum Gasteiger partial charge on any atom is -0.387 e. The van der Waals surface area contributed by atoms with Gasteiger partial charge in [0.2, 0.25) is 0 Å². The summed E-state index contributed by atoms with van der Waals surface area (Å²) < 4.78 is 0. The van der Waals surface area contributed by atoms with Crippen LogP contribution in [0.25, 0.3) is 0 Å². The van der Waals surface area contributed by atoms with Gasteiger partial charge in [0.1, 0.15) is 0 Å². The monoisotopic (exact) mass is 218 g/mol. The van der Waals surface area contributed by atoms with Crippen molar-refractivity contribution in [2.75, 3.05) is 7.05 Å². The summed E-state index contributed by atoms with van der Waals surface area (Å²) in [5.74, 6) is -0.0775. The molecule has 1 amide bonds. The summed E-state index contributed by atoms with van der Waals surface area (Å²) in [6, 6.07) is 7.41. The number of benzene rings is 1. The summed E-state index contributed by atoms with van der Waals surface area (Å²) in [5.41, 5.74) is 2.70. The lowest BCUT2D eigenvalue weighted by Crippen LogP contribution is -2.17. The number of carbonyl (C=O) groups excluding carboxylic acids is 1. The van der Waals surface area contributed by atoms with Crippen molar-refractivity contribution in [2.24, 2.45) is 5.16 Å². The quantitative estimate of drug-likeness (QED) is 0.824. The van der Waals surface area contributed by atoms with E-state index in [0.717, 1.165) is 17.7 Å². The van der Waals surface area contributed by atoms with Crippen LogP contribution in [0.4, 0.5) is 0 Å². The molecule has 1 aliphatic heterocycles. The largest absolute Gasteiger partial charge is 0.387 e. The lowest BCUT2D eigenvalue weighted by molar-refractivity contribution is 0.0856. The molecule has 16 heavy (non-hydrogen) atoms. The van der Waals surface area contributed by atoms with Crippen LogP contribution in [-0.4, -0.2) is 18.7 Å². The Labute approximate surface area is 94.3 Å². The molecule has 1 atom stereocenters. The van der Waals surface area contributed by atoms with Crippen LogP contribution >= 0.6 is 0 Å². The van der Waals surface area contributed by atoms with E-state index in [1.807, 2.05) is 19.1 Å². The van der Waals surface area contributed by atoms with Crippen LogP contribution in [0.2, 0.25) is 0 Å². The summed E-state index contributed by atoms with van der Waals surface area (Å²) in [5, 5.41) is 6.49. The fourth-order valence-electron chi connectivity index (χ4n) is 1.67. The van der Waals surface area contributed by atoms with Crippen molar-refractivity contribution in [1.82, 2.24) is 5.32 Å². The van der Waals surface area contributed by atoms with E-state index in [9.17, 15) is 4.79 Å². The summed E-state index contributed by atoms with van der Waals surface area (Å²) >= 11 is 0. The number of amides is 1. The number of nitrogens with one attached hydrogen (secondary N) is 1. The van der Waals surface area contributed by atoms with Crippen molar-refractivity contribution in [3.8, 4) is 0 Å². The molecular formula is C12H14N2O2. The maximum absolute atomic E-state index is 11.3. The zero-order valence-corrected chi connectivity index (χ0v) is 9.36. The number of nitrogens with zero attached hydrogens (tertiary/aromatic N) is 1. The molecule has 1 aliphatic rings. The first-order valence-corrected chi connectivity index (χ1v) is 5.22. The Balaban J connectivity index is 2.11. The fraction of sp³-hybridized carbons (Fsp3) is 0.333. The Hall–Kier alpha value is -1.84. The number of rotatable bonds is 2. The van der Waals surface area contributed by atoms with Gasteiger partial charge in [0.25, 0.3) is 5.91 Å². The van der Waals surface area contributed by atoms with Gasteiger partial charge in [-0.2, -0.15) is 0 Å². The van der Waals surface area contributed by atoms with Crippen LogP contribution in [0.1, 0.15) is 35.4 Å². The molecule has 1 heterocycles. The SMILES string of the molecule is CNC(=O)c1ccc([C@@H]2CC(C)=NO2)cc1. The average Bonchev–Trinajstić information content (AvgIpc) is 2.75. The summed E-state index contributed by atoms with van der Waals surface area (Å²) in [6.07, 6.45) is 0.818. The molecule has 0 spiro atoms. The van der Waals surface area contributed by atoms with Crippen LogP contribution in [0.15, 0.2) is 29.4 Å². The highest BCUT2D eigenvalue weighted by Gasteiger charge is 2.20. The van der Waals surface area contributed by atoms with Crippen LogP contribution in [-0.2, 0) is 4.84 Å². The molecule has 84 valence electrons. The Morgan fingerprint density at radius 3 is 2.62 bits per heavy atom. The predicted octanol–water partition coefficient (Wildman–Crippen LogP) is 1.88. The molecule has 4 heteroatoms. The van der Waals surface area contributed by atoms with Gasteiger partial charge in [-0.15, -0.1) is 0 Å². The molecule has 0 saturated carbocycles. The van der Waals surface area contributed by atoms with Crippen LogP contribution in [0.5, 0.6) is 0 Å². The molecule has 4 nitrogen and oxygen atoms in total. The second kappa shape index (κ2) is 4.35. The Morgan fingerprint density at radius 2 is 2.12 bits per heavy atom. The zero-order chi connectivity index (χ0) is 11.5. The molecule has 0 saturated heterocycles. The number of hydrogen-bond donors (Lipinski definition) is 1. The minimum absolute atomic E-state index is 0.00117. The van der Waals surface area contributed by atoms with Gasteiger partial charge in [-0.3, -0.25) is 4.79 Å². The first kappa shape index (κ1) is 10.7. The summed E-state index contributed by atoms with van der Waals surface area (Å²) in [7, 11) is 1.62. The lowest BCUT2D eigenvalue weighted by Gasteiger charge is -2.08. The van der Waals surface area contributed by atoms with Crippen molar-refractivity contribution < 1.29 is 9.63 Å². The van der Waals surface area contributed by atoms with E-state index in [1.165, 1.54) is 0 Å². The molecular weight excluding hydrogens is 204 g/mol. The highest BCUT2D eigenvalue weighted by Crippen LogP contribution is 2.26. The molecule has 0 fully saturated rings. The predicted molar refractivity (Wildman–Crippen MR) is 61.4 cm³/mol. The highest BCUT2D eigenvalue weighted by atomic mass is 16.6. The van der Waals surface area contributed by atoms with Crippen LogP contribution in [0.3, 0.4) is 0 Å². The normalized spacial score (nSPS) is 18.9. The third-order valence-corrected chi connectivity index (χ3v) is 2.59. The lowest BCUT2D eigenvalue weighted by atomic mass is 10.0. The minimum atomic E-state index is -0.0775. The Kier molecular flexibility index (Phi) is 2.90. The smallest absolute Gasteiger partial charge is 0.251 e. The topological polar surface area (TPSA) is 50.7 Å². The van der Waals surface area contributed by atoms with Gasteiger partial charge < -0.3 is 10.2 Å². The van der Waals surface area contributed by atoms with E-state index < -0.39 is 0 Å². The van der Waals surface area contributed by atoms with Gasteiger partial charge in [-0.1, -0.05) is 17.3 Å². The second-order valence-corrected chi connectivity index (χ2v) is 3.83. The second-order valence-electron chi connectivity index (χ2n) is 3.83. The fourth-order valence-corrected chi connectivity index (χ4v) is 1.67. The third kappa shape index (κ3) is 2.05. The molecule has 0 aliphatic carbocycles. The van der Waals surface area contributed by atoms with Crippen LogP contribution < -0.4 is 5.32 Å². The Bertz CT molecular complexity index is 423. The number of carbonyl (C=O) groups is 1. The van der Waals surface area contributed by atoms with Crippen molar-refractivity contribution >= 4 is 11.6 Å². The van der Waals surface area contributed by atoms with Gasteiger partial charge in [0.15, 0.2) is 6.10 Å². The van der Waals surface area contributed by atoms with Crippen molar-refractivity contribution in [3.63, 3.8) is 0 Å². The van der Waals surface area contributed by atoms with E-state index >= 15 is 0 Å². The van der Waals surface area contributed by atoms with E-state index in [-0.39, 0.29) is 12.0 Å². The van der Waals surface area contributed by atoms with Crippen molar-refractivity contribution in [2.45, 2.75) is 19.4 Å². The van der Waals surface area contributed by atoms with E-state index in [1.54, 1.807) is 19.2 Å². The maximum Gasteiger partial charge on any atom is 0.251 e. The first-order chi connectivity index (χ1) is 7.70. The van der Waals surface area contributed by atoms with Gasteiger partial charge in [0, 0.05) is 19.0 Å². The zero-order valence-electron chi connectivity index (χ0n) is 9.36. The molecule has 0 radical (unpaired) electrons. The van der Waals surface area contributed by atoms with Crippen LogP contribution in [0, 0.1) is 0 Å². The highest BCUT2D eigenvalue weighted by molar-refractivity contribution is 5.94. The number of oxime groups is 1. The summed E-state index contributed by atoms with van der Waals surface area (Å²) in [6.45, 7) is 1.94. The molecule has 1 aromatic carbocycles. The molecule has 2 rings (SSSR count). The molecule has 0 unspecified atom stereocenters. The average molecular weight is 218 g/mol. The van der Waals surface area contributed by atoms with Gasteiger partial charge in [-0.05, 0) is 24.6 Å². The molecule has 1 N–H and O–H groups in total. The van der Waals surface area contributed by atoms with Crippen molar-refractivity contribution in [1.29, 1.82) is 0 Å². The standard InChI is InChI=1S/C12H14N2O2/c1-8-7-11(16-14-8)9-3-5-10(6-4-9)12(15)13-2/h3-6,11H,7H2,1-2H3,(H,13,15)/t11-/m0/s1. The van der Waals surface area contributed by atoms with Gasteiger partial charge >= 0.3 is 0 Å². The third-order valence-electron chi connectivity index (χ3n) is 2.59. The van der Waals surface area contributed by atoms with E-state index in [0.29, 0.717) is 5.56 Å². The number of hydrogen-bond acceptors (Lipinski definition) is 3.